The van der Waals surface area contributed by atoms with E-state index in [4.69, 9.17) is 0 Å². The average molecular weight is 248 g/mol. The molecule has 1 aromatic rings. The number of piperazine rings is 1. The molecule has 18 heavy (non-hydrogen) atoms. The summed E-state index contributed by atoms with van der Waals surface area (Å²) in [5, 5.41) is 3.57. The summed E-state index contributed by atoms with van der Waals surface area (Å²) in [5.41, 5.74) is 1.13. The van der Waals surface area contributed by atoms with E-state index in [1.807, 2.05) is 19.2 Å². The van der Waals surface area contributed by atoms with E-state index >= 15 is 0 Å². The summed E-state index contributed by atoms with van der Waals surface area (Å²) in [4.78, 5) is 11.2. The van der Waals surface area contributed by atoms with E-state index in [0.29, 0.717) is 18.0 Å². The molecule has 0 saturated carbocycles. The lowest BCUT2D eigenvalue weighted by Gasteiger charge is -2.41. The number of hydrogen-bond acceptors (Lipinski definition) is 4. The molecule has 2 atom stereocenters. The van der Waals surface area contributed by atoms with Crippen LogP contribution in [0.1, 0.15) is 32.3 Å². The van der Waals surface area contributed by atoms with Crippen LogP contribution in [0.25, 0.3) is 0 Å². The summed E-state index contributed by atoms with van der Waals surface area (Å²) in [6.45, 7) is 11.9. The van der Waals surface area contributed by atoms with Crippen LogP contribution in [0.15, 0.2) is 12.3 Å². The molecule has 1 N–H and O–H groups in total. The Labute approximate surface area is 110 Å². The standard InChI is InChI=1S/C14H24N4/c1-10(2)14-7-16-11(3)8-18(14)9-13-5-6-15-12(4)17-13/h5-6,10-11,14,16H,7-9H2,1-4H3. The third-order valence-corrected chi connectivity index (χ3v) is 3.62. The lowest BCUT2D eigenvalue weighted by molar-refractivity contribution is 0.0942. The summed E-state index contributed by atoms with van der Waals surface area (Å²) in [7, 11) is 0. The number of aromatic nitrogens is 2. The molecule has 1 fully saturated rings. The lowest BCUT2D eigenvalue weighted by Crippen LogP contribution is -2.56. The Balaban J connectivity index is 2.08. The van der Waals surface area contributed by atoms with E-state index in [1.165, 1.54) is 0 Å². The van der Waals surface area contributed by atoms with Crippen LogP contribution >= 0.6 is 0 Å². The molecule has 0 bridgehead atoms. The molecule has 0 amide bonds. The summed E-state index contributed by atoms with van der Waals surface area (Å²) < 4.78 is 0. The van der Waals surface area contributed by atoms with Crippen LogP contribution in [0.2, 0.25) is 0 Å². The Morgan fingerprint density at radius 3 is 2.94 bits per heavy atom. The molecule has 100 valence electrons. The van der Waals surface area contributed by atoms with Gasteiger partial charge >= 0.3 is 0 Å². The molecular formula is C14H24N4. The number of aryl methyl sites for hydroxylation is 1. The molecule has 2 heterocycles. The summed E-state index contributed by atoms with van der Waals surface area (Å²) in [5.74, 6) is 1.52. The molecule has 4 nitrogen and oxygen atoms in total. The predicted octanol–water partition coefficient (Wildman–Crippen LogP) is 1.60. The quantitative estimate of drug-likeness (QED) is 0.882. The Kier molecular flexibility index (Phi) is 4.30. The van der Waals surface area contributed by atoms with E-state index in [-0.39, 0.29) is 0 Å². The van der Waals surface area contributed by atoms with E-state index < -0.39 is 0 Å². The minimum absolute atomic E-state index is 0.558. The lowest BCUT2D eigenvalue weighted by atomic mass is 9.98. The smallest absolute Gasteiger partial charge is 0.125 e. The first-order valence-electron chi connectivity index (χ1n) is 6.82. The Bertz CT molecular complexity index is 391. The van der Waals surface area contributed by atoms with Crippen LogP contribution in [-0.2, 0) is 6.54 Å². The second-order valence-corrected chi connectivity index (χ2v) is 5.65. The van der Waals surface area contributed by atoms with Gasteiger partial charge in [-0.1, -0.05) is 13.8 Å². The van der Waals surface area contributed by atoms with E-state index in [9.17, 15) is 0 Å². The zero-order chi connectivity index (χ0) is 13.1. The number of nitrogens with zero attached hydrogens (tertiary/aromatic N) is 3. The van der Waals surface area contributed by atoms with Gasteiger partial charge in [0, 0.05) is 37.9 Å². The summed E-state index contributed by atoms with van der Waals surface area (Å²) in [6.07, 6.45) is 1.85. The molecule has 4 heteroatoms. The highest BCUT2D eigenvalue weighted by Gasteiger charge is 2.28. The molecule has 2 rings (SSSR count). The van der Waals surface area contributed by atoms with Gasteiger partial charge in [0.05, 0.1) is 5.69 Å². The van der Waals surface area contributed by atoms with Gasteiger partial charge in [0.25, 0.3) is 0 Å². The molecule has 1 aliphatic heterocycles. The molecule has 0 aliphatic carbocycles. The first-order valence-corrected chi connectivity index (χ1v) is 6.82. The third kappa shape index (κ3) is 3.27. The molecular weight excluding hydrogens is 224 g/mol. The van der Waals surface area contributed by atoms with Crippen molar-refractivity contribution in [2.75, 3.05) is 13.1 Å². The number of nitrogens with one attached hydrogen (secondary N) is 1. The van der Waals surface area contributed by atoms with Crippen LogP contribution in [0.3, 0.4) is 0 Å². The van der Waals surface area contributed by atoms with Crippen LogP contribution in [0.4, 0.5) is 0 Å². The summed E-state index contributed by atoms with van der Waals surface area (Å²) >= 11 is 0. The van der Waals surface area contributed by atoms with Gasteiger partial charge in [-0.2, -0.15) is 0 Å². The minimum atomic E-state index is 0.558. The van der Waals surface area contributed by atoms with Crippen molar-refractivity contribution >= 4 is 0 Å². The highest BCUT2D eigenvalue weighted by molar-refractivity contribution is 5.03. The summed E-state index contributed by atoms with van der Waals surface area (Å²) in [6, 6.07) is 3.18. The van der Waals surface area contributed by atoms with Crippen molar-refractivity contribution in [2.45, 2.75) is 46.3 Å². The van der Waals surface area contributed by atoms with Gasteiger partial charge in [0.1, 0.15) is 5.82 Å². The SMILES string of the molecule is Cc1nccc(CN2CC(C)NCC2C(C)C)n1. The van der Waals surface area contributed by atoms with E-state index in [0.717, 1.165) is 31.2 Å². The van der Waals surface area contributed by atoms with Gasteiger partial charge < -0.3 is 5.32 Å². The van der Waals surface area contributed by atoms with Crippen molar-refractivity contribution in [3.05, 3.63) is 23.8 Å². The Morgan fingerprint density at radius 2 is 2.28 bits per heavy atom. The van der Waals surface area contributed by atoms with Crippen molar-refractivity contribution in [3.8, 4) is 0 Å². The molecule has 0 aromatic carbocycles. The topological polar surface area (TPSA) is 41.1 Å². The van der Waals surface area contributed by atoms with Gasteiger partial charge in [-0.15, -0.1) is 0 Å². The van der Waals surface area contributed by atoms with Crippen LogP contribution in [-0.4, -0.2) is 40.0 Å². The largest absolute Gasteiger partial charge is 0.311 e. The fraction of sp³-hybridized carbons (Fsp3) is 0.714. The fourth-order valence-corrected chi connectivity index (χ4v) is 2.64. The van der Waals surface area contributed by atoms with E-state index in [1.54, 1.807) is 0 Å². The van der Waals surface area contributed by atoms with Crippen molar-refractivity contribution < 1.29 is 0 Å². The van der Waals surface area contributed by atoms with Crippen molar-refractivity contribution in [1.82, 2.24) is 20.2 Å². The zero-order valence-electron chi connectivity index (χ0n) is 11.8. The minimum Gasteiger partial charge on any atom is -0.311 e. The molecule has 0 radical (unpaired) electrons. The first-order chi connectivity index (χ1) is 8.56. The normalized spacial score (nSPS) is 25.6. The fourth-order valence-electron chi connectivity index (χ4n) is 2.64. The third-order valence-electron chi connectivity index (χ3n) is 3.62. The van der Waals surface area contributed by atoms with Crippen LogP contribution in [0, 0.1) is 12.8 Å². The second kappa shape index (κ2) is 5.76. The number of rotatable bonds is 3. The average Bonchev–Trinajstić information content (AvgIpc) is 2.28. The Hall–Kier alpha value is -1.00. The predicted molar refractivity (Wildman–Crippen MR) is 73.3 cm³/mol. The molecule has 1 saturated heterocycles. The maximum absolute atomic E-state index is 4.51. The van der Waals surface area contributed by atoms with E-state index in [2.05, 4.69) is 41.0 Å². The monoisotopic (exact) mass is 248 g/mol. The zero-order valence-corrected chi connectivity index (χ0v) is 11.8. The second-order valence-electron chi connectivity index (χ2n) is 5.65. The van der Waals surface area contributed by atoms with Crippen LogP contribution < -0.4 is 5.32 Å². The van der Waals surface area contributed by atoms with Gasteiger partial charge in [-0.25, -0.2) is 9.97 Å². The highest BCUT2D eigenvalue weighted by atomic mass is 15.2. The first kappa shape index (κ1) is 13.4. The molecule has 1 aromatic heterocycles. The van der Waals surface area contributed by atoms with Gasteiger partial charge in [-0.05, 0) is 25.8 Å². The van der Waals surface area contributed by atoms with Gasteiger partial charge in [0.2, 0.25) is 0 Å². The van der Waals surface area contributed by atoms with Crippen molar-refractivity contribution in [1.29, 1.82) is 0 Å². The number of hydrogen-bond donors (Lipinski definition) is 1. The molecule has 1 aliphatic rings. The van der Waals surface area contributed by atoms with Crippen molar-refractivity contribution in [2.24, 2.45) is 5.92 Å². The van der Waals surface area contributed by atoms with Gasteiger partial charge in [0.15, 0.2) is 0 Å². The molecule has 2 unspecified atom stereocenters. The van der Waals surface area contributed by atoms with Crippen LogP contribution in [0.5, 0.6) is 0 Å². The Morgan fingerprint density at radius 1 is 1.50 bits per heavy atom. The van der Waals surface area contributed by atoms with Crippen molar-refractivity contribution in [3.63, 3.8) is 0 Å². The molecule has 0 spiro atoms. The maximum Gasteiger partial charge on any atom is 0.125 e. The maximum atomic E-state index is 4.51. The highest BCUT2D eigenvalue weighted by Crippen LogP contribution is 2.17. The van der Waals surface area contributed by atoms with Gasteiger partial charge in [-0.3, -0.25) is 4.90 Å².